The number of rotatable bonds is 8. The Labute approximate surface area is 176 Å². The normalized spacial score (nSPS) is 17.4. The summed E-state index contributed by atoms with van der Waals surface area (Å²) in [5.41, 5.74) is 0.861. The number of aromatic nitrogens is 1. The van der Waals surface area contributed by atoms with Gasteiger partial charge in [0.2, 0.25) is 5.91 Å². The molecule has 1 N–H and O–H groups in total. The van der Waals surface area contributed by atoms with Crippen molar-refractivity contribution in [1.82, 2.24) is 9.88 Å². The van der Waals surface area contributed by atoms with Crippen LogP contribution >= 0.6 is 11.3 Å². The fourth-order valence-electron chi connectivity index (χ4n) is 3.41. The number of methoxy groups -OCH3 is 1. The third-order valence-electron chi connectivity index (χ3n) is 5.00. The van der Waals surface area contributed by atoms with Gasteiger partial charge in [-0.05, 0) is 57.0 Å². The maximum atomic E-state index is 12.3. The number of hydrogen-bond donors (Lipinski definition) is 1. The Bertz CT molecular complexity index is 850. The van der Waals surface area contributed by atoms with Crippen LogP contribution in [0.15, 0.2) is 30.5 Å². The molecule has 0 radical (unpaired) electrons. The molecule has 1 unspecified atom stereocenters. The van der Waals surface area contributed by atoms with Gasteiger partial charge in [0, 0.05) is 29.7 Å². The molecule has 7 heteroatoms. The molecule has 2 heterocycles. The molecule has 1 aromatic carbocycles. The highest BCUT2D eigenvalue weighted by molar-refractivity contribution is 7.15. The third-order valence-corrected chi connectivity index (χ3v) is 5.90. The van der Waals surface area contributed by atoms with Gasteiger partial charge in [-0.3, -0.25) is 15.0 Å². The van der Waals surface area contributed by atoms with Crippen molar-refractivity contribution in [3.05, 3.63) is 40.9 Å². The minimum Gasteiger partial charge on any atom is -0.493 e. The van der Waals surface area contributed by atoms with Crippen LogP contribution in [0.3, 0.4) is 0 Å². The molecule has 2 aromatic rings. The zero-order valence-corrected chi connectivity index (χ0v) is 18.1. The van der Waals surface area contributed by atoms with E-state index in [2.05, 4.69) is 22.1 Å². The number of carbonyl (C=O) groups excluding carboxylic acids is 1. The molecular formula is C22H29N3O3S. The standard InChI is InChI=1S/C22H29N3O3S/c1-4-28-19-10-8-17(13-20(19)27-3)9-11-21(26)24-22-23-14-18(29-22)15-25-12-6-5-7-16(25)2/h8-11,13-14,16H,4-7,12,15H2,1-3H3,(H,23,24,26)/b11-9+. The number of piperidine rings is 1. The van der Waals surface area contributed by atoms with E-state index >= 15 is 0 Å². The molecule has 1 aromatic heterocycles. The first-order valence-corrected chi connectivity index (χ1v) is 10.9. The molecule has 1 atom stereocenters. The minimum atomic E-state index is -0.204. The molecule has 1 fully saturated rings. The second-order valence-electron chi connectivity index (χ2n) is 7.11. The van der Waals surface area contributed by atoms with Crippen LogP contribution in [0.5, 0.6) is 11.5 Å². The smallest absolute Gasteiger partial charge is 0.250 e. The highest BCUT2D eigenvalue weighted by atomic mass is 32.1. The fourth-order valence-corrected chi connectivity index (χ4v) is 4.25. The van der Waals surface area contributed by atoms with Crippen molar-refractivity contribution >= 4 is 28.5 Å². The van der Waals surface area contributed by atoms with Crippen LogP contribution in [-0.2, 0) is 11.3 Å². The first kappa shape index (κ1) is 21.3. The average Bonchev–Trinajstić information content (AvgIpc) is 3.16. The summed E-state index contributed by atoms with van der Waals surface area (Å²) in [6.45, 7) is 6.81. The number of nitrogens with one attached hydrogen (secondary N) is 1. The summed E-state index contributed by atoms with van der Waals surface area (Å²) < 4.78 is 10.9. The van der Waals surface area contributed by atoms with E-state index in [1.165, 1.54) is 41.6 Å². The Morgan fingerprint density at radius 1 is 1.38 bits per heavy atom. The summed E-state index contributed by atoms with van der Waals surface area (Å²) in [5, 5.41) is 3.48. The highest BCUT2D eigenvalue weighted by Gasteiger charge is 2.19. The van der Waals surface area contributed by atoms with Crippen molar-refractivity contribution in [3.8, 4) is 11.5 Å². The molecule has 29 heavy (non-hydrogen) atoms. The fraction of sp³-hybridized carbons (Fsp3) is 0.455. The summed E-state index contributed by atoms with van der Waals surface area (Å²) >= 11 is 1.54. The monoisotopic (exact) mass is 415 g/mol. The van der Waals surface area contributed by atoms with Gasteiger partial charge >= 0.3 is 0 Å². The van der Waals surface area contributed by atoms with Gasteiger partial charge in [0.05, 0.1) is 13.7 Å². The van der Waals surface area contributed by atoms with Crippen molar-refractivity contribution in [2.24, 2.45) is 0 Å². The number of amides is 1. The molecule has 0 bridgehead atoms. The lowest BCUT2D eigenvalue weighted by Crippen LogP contribution is -2.36. The predicted molar refractivity (Wildman–Crippen MR) is 118 cm³/mol. The van der Waals surface area contributed by atoms with Gasteiger partial charge in [-0.15, -0.1) is 11.3 Å². The number of likely N-dealkylation sites (tertiary alicyclic amines) is 1. The first-order valence-electron chi connectivity index (χ1n) is 10.1. The lowest BCUT2D eigenvalue weighted by molar-refractivity contribution is -0.111. The second kappa shape index (κ2) is 10.4. The van der Waals surface area contributed by atoms with E-state index < -0.39 is 0 Å². The zero-order valence-electron chi connectivity index (χ0n) is 17.3. The number of carbonyl (C=O) groups is 1. The molecule has 1 saturated heterocycles. The van der Waals surface area contributed by atoms with Crippen molar-refractivity contribution < 1.29 is 14.3 Å². The van der Waals surface area contributed by atoms with Crippen LogP contribution in [0.2, 0.25) is 0 Å². The average molecular weight is 416 g/mol. The SMILES string of the molecule is CCOc1ccc(/C=C/C(=O)Nc2ncc(CN3CCCCC3C)s2)cc1OC. The summed E-state index contributed by atoms with van der Waals surface area (Å²) in [5.74, 6) is 1.13. The number of anilines is 1. The summed E-state index contributed by atoms with van der Waals surface area (Å²) in [6, 6.07) is 6.18. The van der Waals surface area contributed by atoms with Gasteiger partial charge in [-0.25, -0.2) is 4.98 Å². The summed E-state index contributed by atoms with van der Waals surface area (Å²) in [6.07, 6.45) is 8.94. The van der Waals surface area contributed by atoms with E-state index in [1.807, 2.05) is 31.3 Å². The van der Waals surface area contributed by atoms with Crippen LogP contribution in [0.1, 0.15) is 43.6 Å². The van der Waals surface area contributed by atoms with Crippen molar-refractivity contribution in [1.29, 1.82) is 0 Å². The largest absolute Gasteiger partial charge is 0.493 e. The van der Waals surface area contributed by atoms with Crippen LogP contribution in [0, 0.1) is 0 Å². The van der Waals surface area contributed by atoms with E-state index in [0.29, 0.717) is 29.3 Å². The molecule has 1 aliphatic heterocycles. The quantitative estimate of drug-likeness (QED) is 0.640. The van der Waals surface area contributed by atoms with Crippen LogP contribution in [0.25, 0.3) is 6.08 Å². The molecule has 6 nitrogen and oxygen atoms in total. The molecule has 1 aliphatic rings. The molecule has 1 amide bonds. The molecule has 0 spiro atoms. The molecule has 0 saturated carbocycles. The summed E-state index contributed by atoms with van der Waals surface area (Å²) in [4.78, 5) is 20.3. The minimum absolute atomic E-state index is 0.204. The number of nitrogens with zero attached hydrogens (tertiary/aromatic N) is 2. The Morgan fingerprint density at radius 3 is 3.00 bits per heavy atom. The van der Waals surface area contributed by atoms with E-state index in [0.717, 1.165) is 18.7 Å². The predicted octanol–water partition coefficient (Wildman–Crippen LogP) is 4.58. The molecule has 156 valence electrons. The molecule has 0 aliphatic carbocycles. The number of thiazole rings is 1. The maximum Gasteiger partial charge on any atom is 0.250 e. The van der Waals surface area contributed by atoms with Crippen molar-refractivity contribution in [3.63, 3.8) is 0 Å². The molecular weight excluding hydrogens is 386 g/mol. The Hall–Kier alpha value is -2.38. The first-order chi connectivity index (χ1) is 14.1. The number of benzene rings is 1. The third kappa shape index (κ3) is 6.05. The Kier molecular flexibility index (Phi) is 7.66. The van der Waals surface area contributed by atoms with Gasteiger partial charge < -0.3 is 9.47 Å². The summed E-state index contributed by atoms with van der Waals surface area (Å²) in [7, 11) is 1.60. The van der Waals surface area contributed by atoms with Crippen LogP contribution in [0.4, 0.5) is 5.13 Å². The number of ether oxygens (including phenoxy) is 2. The van der Waals surface area contributed by atoms with E-state index in [-0.39, 0.29) is 5.91 Å². The molecule has 3 rings (SSSR count). The highest BCUT2D eigenvalue weighted by Crippen LogP contribution is 2.28. The van der Waals surface area contributed by atoms with E-state index in [9.17, 15) is 4.79 Å². The van der Waals surface area contributed by atoms with Crippen molar-refractivity contribution in [2.75, 3.05) is 25.6 Å². The van der Waals surface area contributed by atoms with Crippen LogP contribution < -0.4 is 14.8 Å². The number of hydrogen-bond acceptors (Lipinski definition) is 6. The van der Waals surface area contributed by atoms with E-state index in [4.69, 9.17) is 9.47 Å². The second-order valence-corrected chi connectivity index (χ2v) is 8.23. The van der Waals surface area contributed by atoms with Crippen LogP contribution in [-0.4, -0.2) is 42.1 Å². The van der Waals surface area contributed by atoms with Gasteiger partial charge in [0.25, 0.3) is 0 Å². The van der Waals surface area contributed by atoms with E-state index in [1.54, 1.807) is 13.2 Å². The maximum absolute atomic E-state index is 12.3. The zero-order chi connectivity index (χ0) is 20.6. The van der Waals surface area contributed by atoms with Gasteiger partial charge in [-0.1, -0.05) is 12.5 Å². The van der Waals surface area contributed by atoms with Gasteiger partial charge in [-0.2, -0.15) is 0 Å². The lowest BCUT2D eigenvalue weighted by Gasteiger charge is -2.32. The topological polar surface area (TPSA) is 63.7 Å². The lowest BCUT2D eigenvalue weighted by atomic mass is 10.0. The van der Waals surface area contributed by atoms with Gasteiger partial charge in [0.15, 0.2) is 16.6 Å². The Balaban J connectivity index is 1.56. The van der Waals surface area contributed by atoms with Crippen molar-refractivity contribution in [2.45, 2.75) is 45.7 Å². The Morgan fingerprint density at radius 2 is 2.24 bits per heavy atom. The van der Waals surface area contributed by atoms with Gasteiger partial charge in [0.1, 0.15) is 0 Å².